The van der Waals surface area contributed by atoms with Crippen molar-refractivity contribution in [2.24, 2.45) is 0 Å². The molecule has 0 atom stereocenters. The van der Waals surface area contributed by atoms with E-state index in [4.69, 9.17) is 4.74 Å². The lowest BCUT2D eigenvalue weighted by molar-refractivity contribution is 0.0941. The summed E-state index contributed by atoms with van der Waals surface area (Å²) in [7, 11) is 0. The van der Waals surface area contributed by atoms with Gasteiger partial charge in [0.1, 0.15) is 12.4 Å². The van der Waals surface area contributed by atoms with Crippen LogP contribution in [0.4, 0.5) is 0 Å². The Morgan fingerprint density at radius 2 is 2.00 bits per heavy atom. The van der Waals surface area contributed by atoms with E-state index >= 15 is 0 Å². The minimum absolute atomic E-state index is 0.209. The number of nitrogens with one attached hydrogen (secondary N) is 2. The molecule has 1 amide bonds. The monoisotopic (exact) mass is 379 g/mol. The Bertz CT molecular complexity index is 957. The molecule has 1 aliphatic heterocycles. The molecule has 28 heavy (non-hydrogen) atoms. The smallest absolute Gasteiger partial charge is 0.273 e. The van der Waals surface area contributed by atoms with Gasteiger partial charge in [-0.25, -0.2) is 4.68 Å². The van der Waals surface area contributed by atoms with E-state index in [1.165, 1.54) is 0 Å². The first-order valence-electron chi connectivity index (χ1n) is 9.75. The highest BCUT2D eigenvalue weighted by Gasteiger charge is 2.22. The lowest BCUT2D eigenvalue weighted by Gasteiger charge is -2.23. The van der Waals surface area contributed by atoms with E-state index in [9.17, 15) is 4.79 Å². The van der Waals surface area contributed by atoms with Crippen molar-refractivity contribution in [2.75, 3.05) is 26.2 Å². The summed E-state index contributed by atoms with van der Waals surface area (Å²) in [6.07, 6.45) is 2.01. The van der Waals surface area contributed by atoms with Crippen LogP contribution in [0.2, 0.25) is 0 Å². The number of nitrogens with zero attached hydrogens (tertiary/aromatic N) is 3. The van der Waals surface area contributed by atoms with Crippen LogP contribution in [0.25, 0.3) is 10.8 Å². The topological polar surface area (TPSA) is 81.1 Å². The lowest BCUT2D eigenvalue weighted by Crippen LogP contribution is -2.31. The molecule has 7 heteroatoms. The highest BCUT2D eigenvalue weighted by atomic mass is 16.5. The van der Waals surface area contributed by atoms with E-state index < -0.39 is 0 Å². The first-order chi connectivity index (χ1) is 13.7. The molecule has 0 spiro atoms. The van der Waals surface area contributed by atoms with Gasteiger partial charge in [0, 0.05) is 5.39 Å². The number of carbonyl (C=O) groups excluding carboxylic acids is 1. The second-order valence-corrected chi connectivity index (χ2v) is 7.03. The highest BCUT2D eigenvalue weighted by molar-refractivity contribution is 5.93. The number of carbonyl (C=O) groups is 1. The van der Waals surface area contributed by atoms with Gasteiger partial charge in [-0.3, -0.25) is 4.79 Å². The molecular formula is C21H25N5O2. The average Bonchev–Trinajstić information content (AvgIpc) is 3.13. The van der Waals surface area contributed by atoms with Crippen molar-refractivity contribution in [3.63, 3.8) is 0 Å². The zero-order valence-corrected chi connectivity index (χ0v) is 16.0. The van der Waals surface area contributed by atoms with E-state index in [0.29, 0.717) is 24.9 Å². The molecule has 0 saturated carbocycles. The van der Waals surface area contributed by atoms with E-state index in [0.717, 1.165) is 48.1 Å². The fourth-order valence-corrected chi connectivity index (χ4v) is 3.68. The highest BCUT2D eigenvalue weighted by Crippen LogP contribution is 2.25. The van der Waals surface area contributed by atoms with Crippen LogP contribution in [0, 0.1) is 6.92 Å². The summed E-state index contributed by atoms with van der Waals surface area (Å²) in [4.78, 5) is 12.5. The van der Waals surface area contributed by atoms with Gasteiger partial charge in [-0.1, -0.05) is 41.6 Å². The largest absolute Gasteiger partial charge is 0.491 e. The van der Waals surface area contributed by atoms with Crippen molar-refractivity contribution in [2.45, 2.75) is 25.8 Å². The number of hydrogen-bond donors (Lipinski definition) is 2. The Morgan fingerprint density at radius 1 is 1.21 bits per heavy atom. The minimum Gasteiger partial charge on any atom is -0.491 e. The number of hydrogen-bond acceptors (Lipinski definition) is 5. The van der Waals surface area contributed by atoms with E-state index in [1.807, 2.05) is 41.9 Å². The van der Waals surface area contributed by atoms with Gasteiger partial charge < -0.3 is 15.4 Å². The summed E-state index contributed by atoms with van der Waals surface area (Å²) in [5.41, 5.74) is 1.21. The molecule has 3 aromatic rings. The molecule has 1 aliphatic rings. The van der Waals surface area contributed by atoms with Crippen molar-refractivity contribution < 1.29 is 9.53 Å². The van der Waals surface area contributed by atoms with Crippen LogP contribution in [0.15, 0.2) is 42.5 Å². The third-order valence-corrected chi connectivity index (χ3v) is 5.19. The fraction of sp³-hybridized carbons (Fsp3) is 0.381. The van der Waals surface area contributed by atoms with Gasteiger partial charge in [-0.05, 0) is 44.3 Å². The maximum absolute atomic E-state index is 12.5. The summed E-state index contributed by atoms with van der Waals surface area (Å²) in [6.45, 7) is 4.64. The van der Waals surface area contributed by atoms with Gasteiger partial charge in [0.05, 0.1) is 18.3 Å². The van der Waals surface area contributed by atoms with Crippen LogP contribution in [0.3, 0.4) is 0 Å². The van der Waals surface area contributed by atoms with Crippen molar-refractivity contribution in [3.8, 4) is 5.75 Å². The van der Waals surface area contributed by atoms with Gasteiger partial charge >= 0.3 is 0 Å². The molecule has 1 aromatic heterocycles. The van der Waals surface area contributed by atoms with E-state index in [2.05, 4.69) is 33.1 Å². The molecule has 4 rings (SSSR count). The average molecular weight is 379 g/mol. The quantitative estimate of drug-likeness (QED) is 0.643. The lowest BCUT2D eigenvalue weighted by atomic mass is 10.1. The van der Waals surface area contributed by atoms with Crippen molar-refractivity contribution in [1.29, 1.82) is 0 Å². The molecule has 0 aliphatic carbocycles. The number of piperidine rings is 1. The first kappa shape index (κ1) is 18.4. The zero-order valence-electron chi connectivity index (χ0n) is 16.0. The standard InChI is InChI=1S/C21H25N5O2/c1-15-20(24-25-26(15)17-9-11-22-12-10-17)21(27)23-13-14-28-19-8-4-6-16-5-2-3-7-18(16)19/h2-8,17,22H,9-14H2,1H3,(H,23,27). The molecule has 2 N–H and O–H groups in total. The molecule has 2 aromatic carbocycles. The zero-order chi connectivity index (χ0) is 19.3. The number of fused-ring (bicyclic) bond motifs is 1. The van der Waals surface area contributed by atoms with Crippen LogP contribution in [-0.4, -0.2) is 47.1 Å². The van der Waals surface area contributed by atoms with E-state index in [-0.39, 0.29) is 5.91 Å². The van der Waals surface area contributed by atoms with Gasteiger partial charge in [0.25, 0.3) is 5.91 Å². The summed E-state index contributed by atoms with van der Waals surface area (Å²) in [5, 5.41) is 16.7. The maximum Gasteiger partial charge on any atom is 0.273 e. The SMILES string of the molecule is Cc1c(C(=O)NCCOc2cccc3ccccc23)nnn1C1CCNCC1. The van der Waals surface area contributed by atoms with Gasteiger partial charge in [-0.15, -0.1) is 5.10 Å². The van der Waals surface area contributed by atoms with Crippen LogP contribution < -0.4 is 15.4 Å². The second kappa shape index (κ2) is 8.39. The fourth-order valence-electron chi connectivity index (χ4n) is 3.68. The predicted octanol–water partition coefficient (Wildman–Crippen LogP) is 2.47. The number of benzene rings is 2. The number of amides is 1. The van der Waals surface area contributed by atoms with Gasteiger partial charge in [-0.2, -0.15) is 0 Å². The predicted molar refractivity (Wildman–Crippen MR) is 108 cm³/mol. The molecule has 0 unspecified atom stereocenters. The van der Waals surface area contributed by atoms with Crippen LogP contribution in [-0.2, 0) is 0 Å². The Hall–Kier alpha value is -2.93. The normalized spacial score (nSPS) is 14.9. The number of rotatable bonds is 6. The number of aromatic nitrogens is 3. The molecule has 0 radical (unpaired) electrons. The summed E-state index contributed by atoms with van der Waals surface area (Å²) < 4.78 is 7.76. The Labute approximate surface area is 164 Å². The summed E-state index contributed by atoms with van der Waals surface area (Å²) in [6, 6.07) is 14.4. The number of ether oxygens (including phenoxy) is 1. The van der Waals surface area contributed by atoms with Crippen LogP contribution in [0.5, 0.6) is 5.75 Å². The maximum atomic E-state index is 12.5. The molecule has 1 saturated heterocycles. The second-order valence-electron chi connectivity index (χ2n) is 7.03. The molecule has 0 bridgehead atoms. The third kappa shape index (κ3) is 3.84. The van der Waals surface area contributed by atoms with Crippen LogP contribution in [0.1, 0.15) is 35.1 Å². The van der Waals surface area contributed by atoms with Gasteiger partial charge in [0.2, 0.25) is 0 Å². The molecule has 7 nitrogen and oxygen atoms in total. The van der Waals surface area contributed by atoms with Crippen molar-refractivity contribution in [1.82, 2.24) is 25.6 Å². The first-order valence-corrected chi connectivity index (χ1v) is 9.75. The van der Waals surface area contributed by atoms with Crippen molar-refractivity contribution >= 4 is 16.7 Å². The third-order valence-electron chi connectivity index (χ3n) is 5.19. The van der Waals surface area contributed by atoms with Crippen molar-refractivity contribution in [3.05, 3.63) is 53.9 Å². The molecule has 2 heterocycles. The molecular weight excluding hydrogens is 354 g/mol. The summed E-state index contributed by atoms with van der Waals surface area (Å²) in [5.74, 6) is 0.611. The Morgan fingerprint density at radius 3 is 2.86 bits per heavy atom. The minimum atomic E-state index is -0.209. The Kier molecular flexibility index (Phi) is 5.53. The molecule has 1 fully saturated rings. The summed E-state index contributed by atoms with van der Waals surface area (Å²) >= 11 is 0. The van der Waals surface area contributed by atoms with Gasteiger partial charge in [0.15, 0.2) is 5.69 Å². The Balaban J connectivity index is 1.33. The van der Waals surface area contributed by atoms with E-state index in [1.54, 1.807) is 0 Å². The molecule has 146 valence electrons. The van der Waals surface area contributed by atoms with Crippen LogP contribution >= 0.6 is 0 Å².